The second-order valence-electron chi connectivity index (χ2n) is 4.36. The molecule has 5 nitrogen and oxygen atoms in total. The molecule has 2 aromatic rings. The largest absolute Gasteiger partial charge is 0.487 e. The Labute approximate surface area is 121 Å². The number of benzene rings is 2. The molecule has 0 amide bonds. The fourth-order valence-electron chi connectivity index (χ4n) is 1.71. The summed E-state index contributed by atoms with van der Waals surface area (Å²) in [5.41, 5.74) is 7.78. The highest BCUT2D eigenvalue weighted by molar-refractivity contribution is 6.32. The molecule has 20 heavy (non-hydrogen) atoms. The highest BCUT2D eigenvalue weighted by Crippen LogP contribution is 2.27. The summed E-state index contributed by atoms with van der Waals surface area (Å²) in [5.74, 6) is 0.517. The molecule has 104 valence electrons. The van der Waals surface area contributed by atoms with Gasteiger partial charge in [-0.05, 0) is 30.7 Å². The van der Waals surface area contributed by atoms with E-state index in [2.05, 4.69) is 0 Å². The first kappa shape index (κ1) is 14.1. The van der Waals surface area contributed by atoms with E-state index >= 15 is 0 Å². The lowest BCUT2D eigenvalue weighted by Gasteiger charge is -2.10. The predicted octanol–water partition coefficient (Wildman–Crippen LogP) is 3.72. The summed E-state index contributed by atoms with van der Waals surface area (Å²) >= 11 is 6.05. The minimum atomic E-state index is -0.470. The standard InChI is InChI=1S/C14H13ClN2O3/c1-9-2-5-14(12(15)6-9)20-8-10-7-11(17(18)19)3-4-13(10)16/h2-7H,8,16H2,1H3. The van der Waals surface area contributed by atoms with Crippen molar-refractivity contribution < 1.29 is 9.66 Å². The highest BCUT2D eigenvalue weighted by Gasteiger charge is 2.10. The molecule has 2 aromatic carbocycles. The molecule has 0 atom stereocenters. The van der Waals surface area contributed by atoms with Crippen LogP contribution in [0.4, 0.5) is 11.4 Å². The number of hydrogen-bond acceptors (Lipinski definition) is 4. The lowest BCUT2D eigenvalue weighted by molar-refractivity contribution is -0.384. The molecule has 0 saturated heterocycles. The number of nitro benzene ring substituents is 1. The Morgan fingerprint density at radius 2 is 2.05 bits per heavy atom. The molecule has 0 aliphatic rings. The van der Waals surface area contributed by atoms with Gasteiger partial charge in [0.05, 0.1) is 9.95 Å². The molecule has 0 aromatic heterocycles. The Hall–Kier alpha value is -2.27. The SMILES string of the molecule is Cc1ccc(OCc2cc([N+](=O)[O-])ccc2N)c(Cl)c1. The summed E-state index contributed by atoms with van der Waals surface area (Å²) in [6.07, 6.45) is 0. The minimum Gasteiger partial charge on any atom is -0.487 e. The van der Waals surface area contributed by atoms with Crippen LogP contribution >= 0.6 is 11.6 Å². The van der Waals surface area contributed by atoms with Crippen LogP contribution in [0, 0.1) is 17.0 Å². The molecule has 0 unspecified atom stereocenters. The Morgan fingerprint density at radius 3 is 2.70 bits per heavy atom. The van der Waals surface area contributed by atoms with E-state index in [0.29, 0.717) is 22.0 Å². The number of nitrogens with zero attached hydrogens (tertiary/aromatic N) is 1. The van der Waals surface area contributed by atoms with E-state index in [0.717, 1.165) is 5.56 Å². The van der Waals surface area contributed by atoms with Crippen molar-refractivity contribution >= 4 is 23.0 Å². The summed E-state index contributed by atoms with van der Waals surface area (Å²) in [5, 5.41) is 11.2. The third kappa shape index (κ3) is 3.19. The normalized spacial score (nSPS) is 10.3. The Balaban J connectivity index is 2.18. The average molecular weight is 293 g/mol. The third-order valence-electron chi connectivity index (χ3n) is 2.81. The van der Waals surface area contributed by atoms with E-state index in [9.17, 15) is 10.1 Å². The van der Waals surface area contributed by atoms with Crippen LogP contribution in [0.15, 0.2) is 36.4 Å². The quantitative estimate of drug-likeness (QED) is 0.529. The van der Waals surface area contributed by atoms with Gasteiger partial charge in [0.25, 0.3) is 5.69 Å². The van der Waals surface area contributed by atoms with E-state index in [1.165, 1.54) is 18.2 Å². The van der Waals surface area contributed by atoms with Crippen molar-refractivity contribution in [2.45, 2.75) is 13.5 Å². The van der Waals surface area contributed by atoms with Crippen molar-refractivity contribution in [3.8, 4) is 5.75 Å². The molecule has 0 saturated carbocycles. The van der Waals surface area contributed by atoms with Gasteiger partial charge >= 0.3 is 0 Å². The van der Waals surface area contributed by atoms with Gasteiger partial charge in [-0.15, -0.1) is 0 Å². The van der Waals surface area contributed by atoms with Crippen LogP contribution < -0.4 is 10.5 Å². The number of aryl methyl sites for hydroxylation is 1. The number of halogens is 1. The van der Waals surface area contributed by atoms with Crippen LogP contribution in [0.25, 0.3) is 0 Å². The van der Waals surface area contributed by atoms with Crippen LogP contribution in [0.1, 0.15) is 11.1 Å². The van der Waals surface area contributed by atoms with Gasteiger partial charge in [0.15, 0.2) is 0 Å². The zero-order chi connectivity index (χ0) is 14.7. The lowest BCUT2D eigenvalue weighted by atomic mass is 10.1. The molecule has 0 aliphatic carbocycles. The number of rotatable bonds is 4. The minimum absolute atomic E-state index is 0.0206. The Bertz CT molecular complexity index is 659. The molecule has 0 heterocycles. The van der Waals surface area contributed by atoms with Crippen molar-refractivity contribution in [1.29, 1.82) is 0 Å². The van der Waals surface area contributed by atoms with Crippen molar-refractivity contribution in [3.63, 3.8) is 0 Å². The van der Waals surface area contributed by atoms with Gasteiger partial charge in [0.2, 0.25) is 0 Å². The van der Waals surface area contributed by atoms with Crippen LogP contribution in [0.5, 0.6) is 5.75 Å². The Kier molecular flexibility index (Phi) is 4.10. The second kappa shape index (κ2) is 5.79. The number of nitrogens with two attached hydrogens (primary N) is 1. The monoisotopic (exact) mass is 292 g/mol. The number of hydrogen-bond donors (Lipinski definition) is 1. The van der Waals surface area contributed by atoms with Crippen molar-refractivity contribution in [2.75, 3.05) is 5.73 Å². The fraction of sp³-hybridized carbons (Fsp3) is 0.143. The summed E-state index contributed by atoms with van der Waals surface area (Å²) in [6.45, 7) is 2.05. The molecule has 0 bridgehead atoms. The maximum atomic E-state index is 10.7. The number of anilines is 1. The highest BCUT2D eigenvalue weighted by atomic mass is 35.5. The molecular formula is C14H13ClN2O3. The molecule has 2 N–H and O–H groups in total. The van der Waals surface area contributed by atoms with E-state index in [1.54, 1.807) is 12.1 Å². The number of non-ortho nitro benzene ring substituents is 1. The van der Waals surface area contributed by atoms with Gasteiger partial charge in [-0.25, -0.2) is 0 Å². The molecule has 0 spiro atoms. The number of ether oxygens (including phenoxy) is 1. The summed E-state index contributed by atoms with van der Waals surface area (Å²) < 4.78 is 5.56. The van der Waals surface area contributed by atoms with Gasteiger partial charge in [0.1, 0.15) is 12.4 Å². The maximum absolute atomic E-state index is 10.7. The summed E-state index contributed by atoms with van der Waals surface area (Å²) in [6, 6.07) is 9.67. The Morgan fingerprint density at radius 1 is 1.30 bits per heavy atom. The second-order valence-corrected chi connectivity index (χ2v) is 4.77. The van der Waals surface area contributed by atoms with Gasteiger partial charge < -0.3 is 10.5 Å². The molecule has 6 heteroatoms. The zero-order valence-corrected chi connectivity index (χ0v) is 11.6. The summed E-state index contributed by atoms with van der Waals surface area (Å²) in [4.78, 5) is 10.3. The van der Waals surface area contributed by atoms with Gasteiger partial charge in [-0.3, -0.25) is 10.1 Å². The van der Waals surface area contributed by atoms with Gasteiger partial charge in [0, 0.05) is 23.4 Å². The van der Waals surface area contributed by atoms with E-state index in [1.807, 2.05) is 13.0 Å². The maximum Gasteiger partial charge on any atom is 0.269 e. The molecule has 0 fully saturated rings. The number of nitrogen functional groups attached to an aromatic ring is 1. The summed E-state index contributed by atoms with van der Waals surface area (Å²) in [7, 11) is 0. The van der Waals surface area contributed by atoms with E-state index in [4.69, 9.17) is 22.1 Å². The topological polar surface area (TPSA) is 78.4 Å². The first-order chi connectivity index (χ1) is 9.47. The van der Waals surface area contributed by atoms with Crippen molar-refractivity contribution in [3.05, 3.63) is 62.7 Å². The number of nitro groups is 1. The van der Waals surface area contributed by atoms with Crippen molar-refractivity contribution in [1.82, 2.24) is 0 Å². The molecule has 2 rings (SSSR count). The smallest absolute Gasteiger partial charge is 0.269 e. The molecule has 0 aliphatic heterocycles. The fourth-order valence-corrected chi connectivity index (χ4v) is 2.00. The average Bonchev–Trinajstić information content (AvgIpc) is 2.39. The van der Waals surface area contributed by atoms with Crippen molar-refractivity contribution in [2.24, 2.45) is 0 Å². The zero-order valence-electron chi connectivity index (χ0n) is 10.8. The third-order valence-corrected chi connectivity index (χ3v) is 3.10. The first-order valence-corrected chi connectivity index (χ1v) is 6.27. The van der Waals surface area contributed by atoms with E-state index in [-0.39, 0.29) is 12.3 Å². The van der Waals surface area contributed by atoms with Crippen LogP contribution in [0.2, 0.25) is 5.02 Å². The molecular weight excluding hydrogens is 280 g/mol. The van der Waals surface area contributed by atoms with Crippen LogP contribution in [0.3, 0.4) is 0 Å². The van der Waals surface area contributed by atoms with Gasteiger partial charge in [-0.1, -0.05) is 17.7 Å². The van der Waals surface area contributed by atoms with Gasteiger partial charge in [-0.2, -0.15) is 0 Å². The predicted molar refractivity (Wildman–Crippen MR) is 78.0 cm³/mol. The van der Waals surface area contributed by atoms with E-state index < -0.39 is 4.92 Å². The molecule has 0 radical (unpaired) electrons. The van der Waals surface area contributed by atoms with Crippen LogP contribution in [-0.4, -0.2) is 4.92 Å². The van der Waals surface area contributed by atoms with Crippen LogP contribution in [-0.2, 0) is 6.61 Å². The lowest BCUT2D eigenvalue weighted by Crippen LogP contribution is -2.02. The first-order valence-electron chi connectivity index (χ1n) is 5.89.